The molecule has 0 radical (unpaired) electrons. The standard InChI is InChI=1S/C13H17NO3/c15-9-11-5-3-10(4-6-11)8-14-13(16)12-2-1-7-17-12/h3-6,12,15H,1-2,7-9H2,(H,14,16)/t12-/m0/s1. The Balaban J connectivity index is 1.82. The predicted octanol–water partition coefficient (Wildman–Crippen LogP) is 0.974. The van der Waals surface area contributed by atoms with Crippen LogP contribution in [-0.2, 0) is 22.7 Å². The monoisotopic (exact) mass is 235 g/mol. The average Bonchev–Trinajstić information content (AvgIpc) is 2.90. The Hall–Kier alpha value is -1.39. The molecule has 0 aliphatic carbocycles. The van der Waals surface area contributed by atoms with Crippen molar-refractivity contribution in [2.45, 2.75) is 32.1 Å². The summed E-state index contributed by atoms with van der Waals surface area (Å²) in [5.41, 5.74) is 1.90. The topological polar surface area (TPSA) is 58.6 Å². The van der Waals surface area contributed by atoms with Gasteiger partial charge in [-0.3, -0.25) is 4.79 Å². The van der Waals surface area contributed by atoms with Crippen molar-refractivity contribution in [2.75, 3.05) is 6.61 Å². The first kappa shape index (κ1) is 12.1. The first-order chi connectivity index (χ1) is 8.29. The molecule has 17 heavy (non-hydrogen) atoms. The van der Waals surface area contributed by atoms with Crippen LogP contribution in [0.2, 0.25) is 0 Å². The zero-order valence-corrected chi connectivity index (χ0v) is 9.69. The van der Waals surface area contributed by atoms with Crippen LogP contribution >= 0.6 is 0 Å². The van der Waals surface area contributed by atoms with Crippen molar-refractivity contribution < 1.29 is 14.6 Å². The van der Waals surface area contributed by atoms with E-state index in [-0.39, 0.29) is 18.6 Å². The normalized spacial score (nSPS) is 19.2. The SMILES string of the molecule is O=C(NCc1ccc(CO)cc1)[C@@H]1CCCO1. The maximum absolute atomic E-state index is 11.7. The number of aliphatic hydroxyl groups excluding tert-OH is 1. The third kappa shape index (κ3) is 3.28. The quantitative estimate of drug-likeness (QED) is 0.817. The summed E-state index contributed by atoms with van der Waals surface area (Å²) >= 11 is 0. The smallest absolute Gasteiger partial charge is 0.249 e. The minimum atomic E-state index is -0.272. The van der Waals surface area contributed by atoms with Gasteiger partial charge in [0.05, 0.1) is 6.61 Å². The van der Waals surface area contributed by atoms with Crippen molar-refractivity contribution in [2.24, 2.45) is 0 Å². The maximum atomic E-state index is 11.7. The summed E-state index contributed by atoms with van der Waals surface area (Å²) in [6.45, 7) is 1.23. The molecule has 1 aliphatic heterocycles. The lowest BCUT2D eigenvalue weighted by Crippen LogP contribution is -2.33. The van der Waals surface area contributed by atoms with Gasteiger partial charge in [-0.1, -0.05) is 24.3 Å². The van der Waals surface area contributed by atoms with Gasteiger partial charge in [-0.15, -0.1) is 0 Å². The summed E-state index contributed by atoms with van der Waals surface area (Å²) in [6.07, 6.45) is 1.50. The van der Waals surface area contributed by atoms with Gasteiger partial charge in [0.25, 0.3) is 0 Å². The van der Waals surface area contributed by atoms with E-state index in [0.29, 0.717) is 13.2 Å². The Morgan fingerprint density at radius 2 is 2.06 bits per heavy atom. The number of carbonyl (C=O) groups is 1. The predicted molar refractivity (Wildman–Crippen MR) is 63.2 cm³/mol. The lowest BCUT2D eigenvalue weighted by atomic mass is 10.1. The highest BCUT2D eigenvalue weighted by Gasteiger charge is 2.22. The van der Waals surface area contributed by atoms with E-state index in [1.807, 2.05) is 24.3 Å². The van der Waals surface area contributed by atoms with Crippen molar-refractivity contribution in [3.05, 3.63) is 35.4 Å². The van der Waals surface area contributed by atoms with Crippen LogP contribution in [0.25, 0.3) is 0 Å². The van der Waals surface area contributed by atoms with E-state index in [0.717, 1.165) is 24.0 Å². The van der Waals surface area contributed by atoms with Gasteiger partial charge in [0.15, 0.2) is 0 Å². The fraction of sp³-hybridized carbons (Fsp3) is 0.462. The molecular formula is C13H17NO3. The zero-order chi connectivity index (χ0) is 12.1. The van der Waals surface area contributed by atoms with Crippen LogP contribution in [-0.4, -0.2) is 23.7 Å². The first-order valence-electron chi connectivity index (χ1n) is 5.87. The number of nitrogens with one attached hydrogen (secondary N) is 1. The first-order valence-corrected chi connectivity index (χ1v) is 5.87. The Kier molecular flexibility index (Phi) is 4.12. The minimum absolute atomic E-state index is 0.0336. The number of hydrogen-bond donors (Lipinski definition) is 2. The highest BCUT2D eigenvalue weighted by atomic mass is 16.5. The molecule has 0 saturated carbocycles. The highest BCUT2D eigenvalue weighted by molar-refractivity contribution is 5.80. The van der Waals surface area contributed by atoms with Gasteiger partial charge in [-0.05, 0) is 24.0 Å². The second-order valence-corrected chi connectivity index (χ2v) is 4.19. The van der Waals surface area contributed by atoms with Crippen LogP contribution in [0.3, 0.4) is 0 Å². The number of benzene rings is 1. The molecule has 1 aliphatic rings. The molecule has 1 saturated heterocycles. The Morgan fingerprint density at radius 1 is 1.35 bits per heavy atom. The number of ether oxygens (including phenoxy) is 1. The summed E-state index contributed by atoms with van der Waals surface area (Å²) in [5, 5.41) is 11.8. The summed E-state index contributed by atoms with van der Waals surface area (Å²) in [4.78, 5) is 11.7. The molecule has 0 unspecified atom stereocenters. The molecule has 92 valence electrons. The summed E-state index contributed by atoms with van der Waals surface area (Å²) in [6, 6.07) is 7.52. The molecule has 4 heteroatoms. The maximum Gasteiger partial charge on any atom is 0.249 e. The van der Waals surface area contributed by atoms with E-state index in [2.05, 4.69) is 5.32 Å². The molecule has 0 bridgehead atoms. The third-order valence-electron chi connectivity index (χ3n) is 2.89. The molecule has 1 aromatic carbocycles. The molecule has 0 spiro atoms. The third-order valence-corrected chi connectivity index (χ3v) is 2.89. The Morgan fingerprint density at radius 3 is 2.65 bits per heavy atom. The van der Waals surface area contributed by atoms with Gasteiger partial charge >= 0.3 is 0 Å². The van der Waals surface area contributed by atoms with Crippen LogP contribution in [0.1, 0.15) is 24.0 Å². The molecular weight excluding hydrogens is 218 g/mol. The van der Waals surface area contributed by atoms with Crippen LogP contribution in [0, 0.1) is 0 Å². The van der Waals surface area contributed by atoms with E-state index < -0.39 is 0 Å². The van der Waals surface area contributed by atoms with Crippen molar-refractivity contribution >= 4 is 5.91 Å². The van der Waals surface area contributed by atoms with Gasteiger partial charge in [0.1, 0.15) is 6.10 Å². The molecule has 4 nitrogen and oxygen atoms in total. The number of rotatable bonds is 4. The van der Waals surface area contributed by atoms with Gasteiger partial charge < -0.3 is 15.2 Å². The fourth-order valence-corrected chi connectivity index (χ4v) is 1.85. The van der Waals surface area contributed by atoms with Crippen LogP contribution in [0.4, 0.5) is 0 Å². The van der Waals surface area contributed by atoms with Crippen molar-refractivity contribution in [1.82, 2.24) is 5.32 Å². The molecule has 0 aromatic heterocycles. The molecule has 1 atom stereocenters. The van der Waals surface area contributed by atoms with Crippen LogP contribution in [0.15, 0.2) is 24.3 Å². The lowest BCUT2D eigenvalue weighted by molar-refractivity contribution is -0.130. The molecule has 1 fully saturated rings. The van der Waals surface area contributed by atoms with Gasteiger partial charge in [0, 0.05) is 13.2 Å². The van der Waals surface area contributed by atoms with Gasteiger partial charge in [-0.2, -0.15) is 0 Å². The number of carbonyl (C=O) groups excluding carboxylic acids is 1. The number of aliphatic hydroxyl groups is 1. The molecule has 2 N–H and O–H groups in total. The van der Waals surface area contributed by atoms with Crippen LogP contribution < -0.4 is 5.32 Å². The van der Waals surface area contributed by atoms with E-state index in [4.69, 9.17) is 9.84 Å². The summed E-state index contributed by atoms with van der Waals surface area (Å²) in [7, 11) is 0. The van der Waals surface area contributed by atoms with Crippen molar-refractivity contribution in [1.29, 1.82) is 0 Å². The van der Waals surface area contributed by atoms with E-state index >= 15 is 0 Å². The largest absolute Gasteiger partial charge is 0.392 e. The minimum Gasteiger partial charge on any atom is -0.392 e. The second kappa shape index (κ2) is 5.80. The van der Waals surface area contributed by atoms with E-state index in [1.54, 1.807) is 0 Å². The van der Waals surface area contributed by atoms with Crippen LogP contribution in [0.5, 0.6) is 0 Å². The summed E-state index contributed by atoms with van der Waals surface area (Å²) < 4.78 is 5.29. The zero-order valence-electron chi connectivity index (χ0n) is 9.69. The number of amides is 1. The number of hydrogen-bond acceptors (Lipinski definition) is 3. The summed E-state index contributed by atoms with van der Waals surface area (Å²) in [5.74, 6) is -0.0336. The average molecular weight is 235 g/mol. The van der Waals surface area contributed by atoms with Gasteiger partial charge in [0.2, 0.25) is 5.91 Å². The molecule has 1 aromatic rings. The van der Waals surface area contributed by atoms with Crippen molar-refractivity contribution in [3.8, 4) is 0 Å². The van der Waals surface area contributed by atoms with Gasteiger partial charge in [-0.25, -0.2) is 0 Å². The molecule has 1 heterocycles. The fourth-order valence-electron chi connectivity index (χ4n) is 1.85. The molecule has 2 rings (SSSR count). The van der Waals surface area contributed by atoms with E-state index in [1.165, 1.54) is 0 Å². The Bertz CT molecular complexity index is 369. The Labute approximate surface area is 101 Å². The highest BCUT2D eigenvalue weighted by Crippen LogP contribution is 2.12. The second-order valence-electron chi connectivity index (χ2n) is 4.19. The van der Waals surface area contributed by atoms with E-state index in [9.17, 15) is 4.79 Å². The lowest BCUT2D eigenvalue weighted by Gasteiger charge is -2.10. The van der Waals surface area contributed by atoms with Crippen molar-refractivity contribution in [3.63, 3.8) is 0 Å². The molecule has 1 amide bonds.